The molecule has 1 unspecified atom stereocenters. The molecular formula is C19H23N3O3. The van der Waals surface area contributed by atoms with Gasteiger partial charge in [0.2, 0.25) is 5.91 Å². The van der Waals surface area contributed by atoms with Crippen LogP contribution in [0, 0.1) is 12.8 Å². The maximum Gasteiger partial charge on any atom is 0.259 e. The fourth-order valence-corrected chi connectivity index (χ4v) is 3.26. The molecule has 3 N–H and O–H groups in total. The summed E-state index contributed by atoms with van der Waals surface area (Å²) in [4.78, 5) is 26.1. The zero-order chi connectivity index (χ0) is 17.8. The van der Waals surface area contributed by atoms with E-state index >= 15 is 0 Å². The smallest absolute Gasteiger partial charge is 0.259 e. The lowest BCUT2D eigenvalue weighted by molar-refractivity contribution is -0.123. The van der Waals surface area contributed by atoms with E-state index in [-0.39, 0.29) is 17.7 Å². The Labute approximate surface area is 147 Å². The quantitative estimate of drug-likeness (QED) is 0.875. The lowest BCUT2D eigenvalue weighted by Gasteiger charge is -2.31. The van der Waals surface area contributed by atoms with Gasteiger partial charge in [-0.15, -0.1) is 0 Å². The van der Waals surface area contributed by atoms with E-state index in [0.29, 0.717) is 24.4 Å². The van der Waals surface area contributed by atoms with Crippen molar-refractivity contribution in [3.05, 3.63) is 53.5 Å². The lowest BCUT2D eigenvalue weighted by Crippen LogP contribution is -2.40. The molecule has 6 nitrogen and oxygen atoms in total. The predicted octanol–water partition coefficient (Wildman–Crippen LogP) is 2.54. The van der Waals surface area contributed by atoms with Crippen LogP contribution in [0.15, 0.2) is 41.0 Å². The van der Waals surface area contributed by atoms with E-state index < -0.39 is 0 Å². The number of nitrogens with one attached hydrogen (secondary N) is 1. The predicted molar refractivity (Wildman–Crippen MR) is 95.0 cm³/mol. The van der Waals surface area contributed by atoms with Gasteiger partial charge in [-0.3, -0.25) is 14.5 Å². The summed E-state index contributed by atoms with van der Waals surface area (Å²) < 4.78 is 5.20. The molecule has 3 rings (SSSR count). The van der Waals surface area contributed by atoms with Crippen LogP contribution in [0.1, 0.15) is 34.5 Å². The largest absolute Gasteiger partial charge is 0.469 e. The summed E-state index contributed by atoms with van der Waals surface area (Å²) in [5, 5.41) is 2.96. The van der Waals surface area contributed by atoms with E-state index in [1.807, 2.05) is 24.3 Å². The van der Waals surface area contributed by atoms with Crippen LogP contribution in [-0.4, -0.2) is 29.8 Å². The van der Waals surface area contributed by atoms with Gasteiger partial charge in [-0.05, 0) is 44.0 Å². The molecule has 1 aromatic heterocycles. The van der Waals surface area contributed by atoms with Crippen LogP contribution >= 0.6 is 0 Å². The van der Waals surface area contributed by atoms with Crippen molar-refractivity contribution < 1.29 is 14.0 Å². The number of likely N-dealkylation sites (tertiary alicyclic amines) is 1. The first-order valence-electron chi connectivity index (χ1n) is 8.49. The number of carbonyl (C=O) groups is 2. The topological polar surface area (TPSA) is 88.6 Å². The second kappa shape index (κ2) is 7.53. The van der Waals surface area contributed by atoms with Crippen LogP contribution < -0.4 is 11.1 Å². The number of benzene rings is 1. The first-order chi connectivity index (χ1) is 12.0. The Bertz CT molecular complexity index is 769. The number of amides is 2. The molecule has 6 heteroatoms. The zero-order valence-corrected chi connectivity index (χ0v) is 14.3. The maximum atomic E-state index is 12.4. The van der Waals surface area contributed by atoms with E-state index in [4.69, 9.17) is 10.2 Å². The van der Waals surface area contributed by atoms with Gasteiger partial charge in [0.15, 0.2) is 0 Å². The summed E-state index contributed by atoms with van der Waals surface area (Å²) in [5.41, 5.74) is 7.77. The molecule has 0 spiro atoms. The van der Waals surface area contributed by atoms with Gasteiger partial charge < -0.3 is 15.5 Å². The summed E-state index contributed by atoms with van der Waals surface area (Å²) in [6.45, 7) is 4.02. The Balaban J connectivity index is 1.72. The Morgan fingerprint density at radius 1 is 1.32 bits per heavy atom. The lowest BCUT2D eigenvalue weighted by atomic mass is 9.97. The van der Waals surface area contributed by atoms with Gasteiger partial charge in [-0.1, -0.05) is 18.2 Å². The number of hydrogen-bond donors (Lipinski definition) is 2. The van der Waals surface area contributed by atoms with Crippen molar-refractivity contribution in [3.63, 3.8) is 0 Å². The molecule has 1 saturated heterocycles. The standard InChI is InChI=1S/C19H23N3O3/c1-13-16(8-10-25-13)19(24)21-17-7-3-2-5-14(17)11-22-9-4-6-15(12-22)18(20)23/h2-3,5,7-8,10,15H,4,6,9,11-12H2,1H3,(H2,20,23)(H,21,24). The second-order valence-corrected chi connectivity index (χ2v) is 6.48. The van der Waals surface area contributed by atoms with Crippen molar-refractivity contribution in [1.29, 1.82) is 0 Å². The number of para-hydroxylation sites is 1. The van der Waals surface area contributed by atoms with Crippen LogP contribution in [-0.2, 0) is 11.3 Å². The Morgan fingerprint density at radius 3 is 2.84 bits per heavy atom. The minimum atomic E-state index is -0.235. The van der Waals surface area contributed by atoms with Gasteiger partial charge in [-0.25, -0.2) is 0 Å². The van der Waals surface area contributed by atoms with Crippen LogP contribution in [0.25, 0.3) is 0 Å². The number of nitrogens with zero attached hydrogens (tertiary/aromatic N) is 1. The van der Waals surface area contributed by atoms with Crippen LogP contribution in [0.3, 0.4) is 0 Å². The van der Waals surface area contributed by atoms with Gasteiger partial charge in [0.25, 0.3) is 5.91 Å². The third kappa shape index (κ3) is 4.09. The summed E-state index contributed by atoms with van der Waals surface area (Å²) in [6.07, 6.45) is 3.31. The highest BCUT2D eigenvalue weighted by Crippen LogP contribution is 2.23. The van der Waals surface area contributed by atoms with Gasteiger partial charge in [0.05, 0.1) is 17.7 Å². The molecule has 1 aliphatic heterocycles. The molecule has 0 saturated carbocycles. The number of piperidine rings is 1. The minimum Gasteiger partial charge on any atom is -0.469 e. The SMILES string of the molecule is Cc1occc1C(=O)Nc1ccccc1CN1CCCC(C(N)=O)C1. The summed E-state index contributed by atoms with van der Waals surface area (Å²) in [5.74, 6) is 0.0773. The maximum absolute atomic E-state index is 12.4. The van der Waals surface area contributed by atoms with Crippen LogP contribution in [0.5, 0.6) is 0 Å². The van der Waals surface area contributed by atoms with Gasteiger partial charge in [-0.2, -0.15) is 0 Å². The molecular weight excluding hydrogens is 318 g/mol. The van der Waals surface area contributed by atoms with E-state index in [1.165, 1.54) is 6.26 Å². The van der Waals surface area contributed by atoms with Crippen molar-refractivity contribution in [3.8, 4) is 0 Å². The Morgan fingerprint density at radius 2 is 2.12 bits per heavy atom. The molecule has 132 valence electrons. The normalized spacial score (nSPS) is 18.0. The third-order valence-corrected chi connectivity index (χ3v) is 4.67. The van der Waals surface area contributed by atoms with Crippen molar-refractivity contribution in [1.82, 2.24) is 4.90 Å². The number of carbonyl (C=O) groups excluding carboxylic acids is 2. The number of primary amides is 1. The van der Waals surface area contributed by atoms with Gasteiger partial charge in [0.1, 0.15) is 5.76 Å². The van der Waals surface area contributed by atoms with Crippen molar-refractivity contribution in [2.45, 2.75) is 26.3 Å². The first kappa shape index (κ1) is 17.2. The molecule has 2 heterocycles. The monoisotopic (exact) mass is 341 g/mol. The average Bonchev–Trinajstić information content (AvgIpc) is 3.03. The van der Waals surface area contributed by atoms with Gasteiger partial charge >= 0.3 is 0 Å². The average molecular weight is 341 g/mol. The van der Waals surface area contributed by atoms with E-state index in [9.17, 15) is 9.59 Å². The molecule has 2 amide bonds. The molecule has 1 aromatic carbocycles. The zero-order valence-electron chi connectivity index (χ0n) is 14.3. The third-order valence-electron chi connectivity index (χ3n) is 4.67. The highest BCUT2D eigenvalue weighted by atomic mass is 16.3. The molecule has 25 heavy (non-hydrogen) atoms. The second-order valence-electron chi connectivity index (χ2n) is 6.48. The van der Waals surface area contributed by atoms with E-state index in [2.05, 4.69) is 10.2 Å². The number of furan rings is 1. The minimum absolute atomic E-state index is 0.0934. The fourth-order valence-electron chi connectivity index (χ4n) is 3.26. The number of aryl methyl sites for hydroxylation is 1. The van der Waals surface area contributed by atoms with Gasteiger partial charge in [0, 0.05) is 18.8 Å². The number of anilines is 1. The van der Waals surface area contributed by atoms with Crippen LogP contribution in [0.4, 0.5) is 5.69 Å². The summed E-state index contributed by atoms with van der Waals surface area (Å²) in [6, 6.07) is 9.38. The molecule has 0 bridgehead atoms. The first-order valence-corrected chi connectivity index (χ1v) is 8.49. The molecule has 1 fully saturated rings. The summed E-state index contributed by atoms with van der Waals surface area (Å²) in [7, 11) is 0. The molecule has 2 aromatic rings. The molecule has 0 radical (unpaired) electrons. The highest BCUT2D eigenvalue weighted by Gasteiger charge is 2.24. The Hall–Kier alpha value is -2.60. The summed E-state index contributed by atoms with van der Waals surface area (Å²) >= 11 is 0. The van der Waals surface area contributed by atoms with E-state index in [0.717, 1.165) is 30.6 Å². The fraction of sp³-hybridized carbons (Fsp3) is 0.368. The van der Waals surface area contributed by atoms with E-state index in [1.54, 1.807) is 13.0 Å². The molecule has 0 aliphatic carbocycles. The van der Waals surface area contributed by atoms with Crippen molar-refractivity contribution in [2.75, 3.05) is 18.4 Å². The van der Waals surface area contributed by atoms with Crippen LogP contribution in [0.2, 0.25) is 0 Å². The van der Waals surface area contributed by atoms with Crippen molar-refractivity contribution in [2.24, 2.45) is 11.7 Å². The number of rotatable bonds is 5. The molecule has 1 atom stereocenters. The van der Waals surface area contributed by atoms with Crippen molar-refractivity contribution >= 4 is 17.5 Å². The Kier molecular flexibility index (Phi) is 5.19. The number of hydrogen-bond acceptors (Lipinski definition) is 4. The highest BCUT2D eigenvalue weighted by molar-refractivity contribution is 6.05. The number of nitrogens with two attached hydrogens (primary N) is 1. The molecule has 1 aliphatic rings.